The Balaban J connectivity index is 0.000000251. The maximum absolute atomic E-state index is 8.75. The van der Waals surface area contributed by atoms with Gasteiger partial charge in [0.25, 0.3) is 0 Å². The van der Waals surface area contributed by atoms with Gasteiger partial charge in [-0.1, -0.05) is 27.7 Å². The molecule has 4 N–H and O–H groups in total. The molecule has 0 amide bonds. The largest absolute Gasteiger partial charge is 0.398 e. The minimum absolute atomic E-state index is 0.338. The summed E-state index contributed by atoms with van der Waals surface area (Å²) in [7, 11) is 0. The van der Waals surface area contributed by atoms with Gasteiger partial charge in [0, 0.05) is 15.8 Å². The van der Waals surface area contributed by atoms with Crippen molar-refractivity contribution in [1.29, 1.82) is 10.5 Å². The van der Waals surface area contributed by atoms with Crippen LogP contribution in [0.1, 0.15) is 61.8 Å². The highest BCUT2D eigenvalue weighted by Gasteiger charge is 2.09. The number of halogens is 1. The third-order valence-electron chi connectivity index (χ3n) is 3.75. The lowest BCUT2D eigenvalue weighted by atomic mass is 9.99. The number of nitrogens with two attached hydrogens (primary N) is 2. The van der Waals surface area contributed by atoms with Gasteiger partial charge in [0.05, 0.1) is 23.3 Å². The van der Waals surface area contributed by atoms with Crippen LogP contribution in [-0.4, -0.2) is 0 Å². The Labute approximate surface area is 158 Å². The van der Waals surface area contributed by atoms with E-state index in [2.05, 4.69) is 55.8 Å². The van der Waals surface area contributed by atoms with E-state index < -0.39 is 0 Å². The number of hydrogen-bond donors (Lipinski definition) is 2. The van der Waals surface area contributed by atoms with Crippen molar-refractivity contribution in [3.05, 3.63) is 57.1 Å². The summed E-state index contributed by atoms with van der Waals surface area (Å²) < 4.78 is 0.801. The van der Waals surface area contributed by atoms with E-state index >= 15 is 0 Å². The van der Waals surface area contributed by atoms with Crippen LogP contribution < -0.4 is 11.5 Å². The highest BCUT2D eigenvalue weighted by Crippen LogP contribution is 2.30. The highest BCUT2D eigenvalue weighted by molar-refractivity contribution is 9.10. The molecule has 0 aliphatic carbocycles. The molecule has 0 aromatic heterocycles. The summed E-state index contributed by atoms with van der Waals surface area (Å²) in [5.41, 5.74) is 16.5. The highest BCUT2D eigenvalue weighted by atomic mass is 79.9. The third-order valence-corrected chi connectivity index (χ3v) is 4.41. The van der Waals surface area contributed by atoms with Crippen molar-refractivity contribution in [1.82, 2.24) is 0 Å². The fourth-order valence-corrected chi connectivity index (χ4v) is 2.80. The molecule has 0 saturated carbocycles. The Morgan fingerprint density at radius 3 is 1.84 bits per heavy atom. The summed E-state index contributed by atoms with van der Waals surface area (Å²) in [5.74, 6) is 0.711. The second kappa shape index (κ2) is 9.11. The lowest BCUT2D eigenvalue weighted by Crippen LogP contribution is -1.98. The molecule has 0 aliphatic rings. The van der Waals surface area contributed by atoms with Crippen molar-refractivity contribution < 1.29 is 0 Å². The number of rotatable bonds is 2. The minimum Gasteiger partial charge on any atom is -0.398 e. The Hall–Kier alpha value is -2.50. The quantitative estimate of drug-likeness (QED) is 0.670. The smallest absolute Gasteiger partial charge is 0.0992 e. The first-order valence-electron chi connectivity index (χ1n) is 7.99. The molecule has 0 atom stereocenters. The summed E-state index contributed by atoms with van der Waals surface area (Å²) in [6.07, 6.45) is 0. The average molecular weight is 399 g/mol. The normalized spacial score (nSPS) is 9.96. The fourth-order valence-electron chi connectivity index (χ4n) is 2.33. The third kappa shape index (κ3) is 5.52. The molecule has 0 radical (unpaired) electrons. The van der Waals surface area contributed by atoms with Crippen LogP contribution in [0.25, 0.3) is 0 Å². The first-order valence-corrected chi connectivity index (χ1v) is 8.79. The van der Waals surface area contributed by atoms with Crippen LogP contribution in [0.4, 0.5) is 11.4 Å². The topological polar surface area (TPSA) is 99.6 Å². The van der Waals surface area contributed by atoms with Gasteiger partial charge >= 0.3 is 0 Å². The molecule has 25 heavy (non-hydrogen) atoms. The van der Waals surface area contributed by atoms with Crippen LogP contribution >= 0.6 is 15.9 Å². The summed E-state index contributed by atoms with van der Waals surface area (Å²) in [5, 5.41) is 17.4. The zero-order valence-electron chi connectivity index (χ0n) is 15.0. The number of benzene rings is 2. The van der Waals surface area contributed by atoms with Gasteiger partial charge in [0.2, 0.25) is 0 Å². The Kier molecular flexibility index (Phi) is 7.48. The maximum Gasteiger partial charge on any atom is 0.0992 e. The van der Waals surface area contributed by atoms with E-state index in [1.807, 2.05) is 12.1 Å². The van der Waals surface area contributed by atoms with Gasteiger partial charge in [-0.15, -0.1) is 0 Å². The van der Waals surface area contributed by atoms with Crippen LogP contribution in [0.5, 0.6) is 0 Å². The number of hydrogen-bond acceptors (Lipinski definition) is 4. The molecule has 0 unspecified atom stereocenters. The van der Waals surface area contributed by atoms with Gasteiger partial charge in [-0.2, -0.15) is 10.5 Å². The number of nitrogens with zero attached hydrogens (tertiary/aromatic N) is 2. The van der Waals surface area contributed by atoms with Gasteiger partial charge in [-0.3, -0.25) is 0 Å². The summed E-state index contributed by atoms with van der Waals surface area (Å²) in [6.45, 7) is 8.23. The Morgan fingerprint density at radius 1 is 0.840 bits per heavy atom. The molecule has 130 valence electrons. The van der Waals surface area contributed by atoms with Crippen molar-refractivity contribution >= 4 is 27.3 Å². The van der Waals surface area contributed by atoms with Crippen LogP contribution in [0.15, 0.2) is 34.8 Å². The maximum atomic E-state index is 8.75. The molecule has 0 spiro atoms. The second-order valence-electron chi connectivity index (χ2n) is 6.34. The Morgan fingerprint density at radius 2 is 1.36 bits per heavy atom. The van der Waals surface area contributed by atoms with Gasteiger partial charge in [0.1, 0.15) is 0 Å². The van der Waals surface area contributed by atoms with E-state index in [1.54, 1.807) is 18.2 Å². The number of anilines is 2. The van der Waals surface area contributed by atoms with E-state index in [1.165, 1.54) is 0 Å². The number of nitriles is 2. The molecule has 0 saturated heterocycles. The zero-order chi connectivity index (χ0) is 19.1. The summed E-state index contributed by atoms with van der Waals surface area (Å²) in [6, 6.07) is 13.1. The zero-order valence-corrected chi connectivity index (χ0v) is 16.6. The van der Waals surface area contributed by atoms with E-state index in [-0.39, 0.29) is 0 Å². The standard InChI is InChI=1S/C10H11BrN2.C10H12N2/c1-6(2)8-3-7(5-12)4-9(11)10(8)13;1-7(2)9-5-8(6-11)3-4-10(9)12/h3-4,6H,13H2,1-2H3;3-5,7H,12H2,1-2H3. The lowest BCUT2D eigenvalue weighted by Gasteiger charge is -2.11. The SMILES string of the molecule is CC(C)c1cc(C#N)cc(Br)c1N.CC(C)c1cc(C#N)ccc1N. The van der Waals surface area contributed by atoms with Crippen molar-refractivity contribution in [2.24, 2.45) is 0 Å². The predicted octanol–water partition coefficient (Wildman–Crippen LogP) is 5.29. The minimum atomic E-state index is 0.338. The van der Waals surface area contributed by atoms with Crippen LogP contribution in [0, 0.1) is 22.7 Å². The monoisotopic (exact) mass is 398 g/mol. The van der Waals surface area contributed by atoms with Crippen LogP contribution in [0.2, 0.25) is 0 Å². The molecule has 2 rings (SSSR count). The molecular formula is C20H23BrN4. The molecule has 0 heterocycles. The average Bonchev–Trinajstić information content (AvgIpc) is 2.57. The molecule has 5 heteroatoms. The lowest BCUT2D eigenvalue weighted by molar-refractivity contribution is 0.868. The Bertz CT molecular complexity index is 827. The van der Waals surface area contributed by atoms with E-state index in [0.717, 1.165) is 27.0 Å². The molecule has 2 aromatic carbocycles. The summed E-state index contributed by atoms with van der Waals surface area (Å²) in [4.78, 5) is 0. The molecular weight excluding hydrogens is 376 g/mol. The van der Waals surface area contributed by atoms with Crippen LogP contribution in [-0.2, 0) is 0 Å². The van der Waals surface area contributed by atoms with Gasteiger partial charge in [-0.25, -0.2) is 0 Å². The van der Waals surface area contributed by atoms with Crippen LogP contribution in [0.3, 0.4) is 0 Å². The predicted molar refractivity (Wildman–Crippen MR) is 107 cm³/mol. The van der Waals surface area contributed by atoms with E-state index in [0.29, 0.717) is 23.0 Å². The van der Waals surface area contributed by atoms with Gasteiger partial charge in [-0.05, 0) is 69.2 Å². The first kappa shape index (κ1) is 20.5. The van der Waals surface area contributed by atoms with E-state index in [4.69, 9.17) is 22.0 Å². The van der Waals surface area contributed by atoms with Gasteiger partial charge in [0.15, 0.2) is 0 Å². The van der Waals surface area contributed by atoms with Crippen molar-refractivity contribution in [3.8, 4) is 12.1 Å². The second-order valence-corrected chi connectivity index (χ2v) is 7.19. The van der Waals surface area contributed by atoms with Crippen molar-refractivity contribution in [2.45, 2.75) is 39.5 Å². The van der Waals surface area contributed by atoms with Gasteiger partial charge < -0.3 is 11.5 Å². The summed E-state index contributed by atoms with van der Waals surface area (Å²) >= 11 is 3.33. The molecule has 0 fully saturated rings. The molecule has 0 aliphatic heterocycles. The molecule has 2 aromatic rings. The fraction of sp³-hybridized carbons (Fsp3) is 0.300. The van der Waals surface area contributed by atoms with E-state index in [9.17, 15) is 0 Å². The van der Waals surface area contributed by atoms with Crippen molar-refractivity contribution in [2.75, 3.05) is 11.5 Å². The van der Waals surface area contributed by atoms with Crippen molar-refractivity contribution in [3.63, 3.8) is 0 Å². The number of nitrogen functional groups attached to an aromatic ring is 2. The molecule has 4 nitrogen and oxygen atoms in total. The first-order chi connectivity index (χ1) is 11.7. The molecule has 0 bridgehead atoms.